The third-order valence-corrected chi connectivity index (χ3v) is 3.87. The maximum atomic E-state index is 10.7. The van der Waals surface area contributed by atoms with Gasteiger partial charge in [0.25, 0.3) is 0 Å². The van der Waals surface area contributed by atoms with Crippen molar-refractivity contribution in [2.24, 2.45) is 5.92 Å². The maximum absolute atomic E-state index is 10.7. The molecule has 4 nitrogen and oxygen atoms in total. The zero-order chi connectivity index (χ0) is 11.6. The molecule has 1 aliphatic carbocycles. The van der Waals surface area contributed by atoms with Crippen LogP contribution in [0.3, 0.4) is 0 Å². The molecule has 1 fully saturated rings. The molecule has 0 radical (unpaired) electrons. The highest BCUT2D eigenvalue weighted by Crippen LogP contribution is 2.35. The van der Waals surface area contributed by atoms with Crippen molar-refractivity contribution in [1.29, 1.82) is 0 Å². The molecule has 0 spiro atoms. The molecule has 0 amide bonds. The predicted octanol–water partition coefficient (Wildman–Crippen LogP) is 1.78. The maximum Gasteiger partial charge on any atom is 0.138 e. The van der Waals surface area contributed by atoms with E-state index in [4.69, 9.17) is 0 Å². The standard InChI is InChI=1S/C12H21N3O/c1-3-15-11(13-9-14-15)8-12(16)7-5-4-6-10(12)2/h9-10,16H,3-8H2,1-2H3. The average molecular weight is 223 g/mol. The second-order valence-corrected chi connectivity index (χ2v) is 4.92. The Morgan fingerprint density at radius 3 is 3.06 bits per heavy atom. The lowest BCUT2D eigenvalue weighted by molar-refractivity contribution is -0.0426. The summed E-state index contributed by atoms with van der Waals surface area (Å²) in [5.74, 6) is 1.28. The van der Waals surface area contributed by atoms with E-state index in [9.17, 15) is 5.11 Å². The SMILES string of the molecule is CCn1ncnc1CC1(O)CCCCC1C. The largest absolute Gasteiger partial charge is 0.389 e. The summed E-state index contributed by atoms with van der Waals surface area (Å²) in [4.78, 5) is 4.25. The first-order valence-corrected chi connectivity index (χ1v) is 6.25. The van der Waals surface area contributed by atoms with Gasteiger partial charge in [-0.3, -0.25) is 4.68 Å². The number of hydrogen-bond acceptors (Lipinski definition) is 3. The van der Waals surface area contributed by atoms with Gasteiger partial charge >= 0.3 is 0 Å². The molecule has 2 atom stereocenters. The Kier molecular flexibility index (Phi) is 3.28. The van der Waals surface area contributed by atoms with Gasteiger partial charge in [0.05, 0.1) is 5.60 Å². The lowest BCUT2D eigenvalue weighted by Gasteiger charge is -2.37. The molecular formula is C12H21N3O. The van der Waals surface area contributed by atoms with Gasteiger partial charge in [-0.2, -0.15) is 5.10 Å². The number of aliphatic hydroxyl groups is 1. The number of aromatic nitrogens is 3. The number of nitrogens with zero attached hydrogens (tertiary/aromatic N) is 3. The van der Waals surface area contributed by atoms with Gasteiger partial charge in [-0.1, -0.05) is 19.8 Å². The van der Waals surface area contributed by atoms with Crippen LogP contribution in [-0.4, -0.2) is 25.5 Å². The van der Waals surface area contributed by atoms with Crippen molar-refractivity contribution in [2.45, 2.75) is 58.1 Å². The Hall–Kier alpha value is -0.900. The van der Waals surface area contributed by atoms with E-state index < -0.39 is 5.60 Å². The molecule has 1 saturated carbocycles. The molecule has 2 rings (SSSR count). The van der Waals surface area contributed by atoms with E-state index in [1.54, 1.807) is 6.33 Å². The summed E-state index contributed by atoms with van der Waals surface area (Å²) >= 11 is 0. The van der Waals surface area contributed by atoms with Crippen LogP contribution in [0.2, 0.25) is 0 Å². The van der Waals surface area contributed by atoms with Crippen LogP contribution in [0.5, 0.6) is 0 Å². The Balaban J connectivity index is 2.13. The lowest BCUT2D eigenvalue weighted by Crippen LogP contribution is -2.42. The minimum Gasteiger partial charge on any atom is -0.389 e. The summed E-state index contributed by atoms with van der Waals surface area (Å²) in [5.41, 5.74) is -0.571. The first-order valence-electron chi connectivity index (χ1n) is 6.25. The smallest absolute Gasteiger partial charge is 0.138 e. The topological polar surface area (TPSA) is 50.9 Å². The van der Waals surface area contributed by atoms with Crippen LogP contribution < -0.4 is 0 Å². The van der Waals surface area contributed by atoms with Crippen molar-refractivity contribution in [1.82, 2.24) is 14.8 Å². The fraction of sp³-hybridized carbons (Fsp3) is 0.833. The molecule has 1 aromatic heterocycles. The van der Waals surface area contributed by atoms with Gasteiger partial charge in [0.1, 0.15) is 12.2 Å². The Bertz CT molecular complexity index is 350. The van der Waals surface area contributed by atoms with E-state index >= 15 is 0 Å². The molecule has 0 aromatic carbocycles. The molecule has 90 valence electrons. The van der Waals surface area contributed by atoms with Gasteiger partial charge in [-0.05, 0) is 25.7 Å². The van der Waals surface area contributed by atoms with Gasteiger partial charge < -0.3 is 5.11 Å². The van der Waals surface area contributed by atoms with Crippen LogP contribution in [0.4, 0.5) is 0 Å². The molecule has 1 aromatic rings. The normalized spacial score (nSPS) is 30.6. The highest BCUT2D eigenvalue weighted by Gasteiger charge is 2.37. The molecule has 16 heavy (non-hydrogen) atoms. The average Bonchev–Trinajstić information content (AvgIpc) is 2.70. The predicted molar refractivity (Wildman–Crippen MR) is 62.0 cm³/mol. The van der Waals surface area contributed by atoms with E-state index in [1.165, 1.54) is 6.42 Å². The Morgan fingerprint density at radius 2 is 2.38 bits per heavy atom. The van der Waals surface area contributed by atoms with E-state index in [1.807, 2.05) is 11.6 Å². The van der Waals surface area contributed by atoms with Crippen LogP contribution in [0.1, 0.15) is 45.4 Å². The van der Waals surface area contributed by atoms with Crippen LogP contribution in [0.25, 0.3) is 0 Å². The fourth-order valence-corrected chi connectivity index (χ4v) is 2.62. The summed E-state index contributed by atoms with van der Waals surface area (Å²) in [7, 11) is 0. The number of aryl methyl sites for hydroxylation is 1. The van der Waals surface area contributed by atoms with Gasteiger partial charge in [-0.15, -0.1) is 0 Å². The first kappa shape index (κ1) is 11.6. The zero-order valence-corrected chi connectivity index (χ0v) is 10.2. The second kappa shape index (κ2) is 4.53. The lowest BCUT2D eigenvalue weighted by atomic mass is 9.74. The van der Waals surface area contributed by atoms with Gasteiger partial charge in [0.15, 0.2) is 0 Å². The van der Waals surface area contributed by atoms with Crippen molar-refractivity contribution < 1.29 is 5.11 Å². The highest BCUT2D eigenvalue weighted by molar-refractivity contribution is 4.98. The first-order chi connectivity index (χ1) is 7.65. The number of rotatable bonds is 3. The van der Waals surface area contributed by atoms with Crippen molar-refractivity contribution in [3.63, 3.8) is 0 Å². The summed E-state index contributed by atoms with van der Waals surface area (Å²) in [5, 5.41) is 14.8. The molecule has 1 heterocycles. The quantitative estimate of drug-likeness (QED) is 0.849. The summed E-state index contributed by atoms with van der Waals surface area (Å²) < 4.78 is 1.87. The monoisotopic (exact) mass is 223 g/mol. The third kappa shape index (κ3) is 2.12. The molecule has 4 heteroatoms. The third-order valence-electron chi connectivity index (χ3n) is 3.87. The van der Waals surface area contributed by atoms with Gasteiger partial charge in [-0.25, -0.2) is 4.98 Å². The van der Waals surface area contributed by atoms with Crippen LogP contribution in [0, 0.1) is 5.92 Å². The van der Waals surface area contributed by atoms with Gasteiger partial charge in [0.2, 0.25) is 0 Å². The Labute approximate surface area is 96.7 Å². The van der Waals surface area contributed by atoms with Crippen molar-refractivity contribution in [3.05, 3.63) is 12.2 Å². The van der Waals surface area contributed by atoms with E-state index in [2.05, 4.69) is 17.0 Å². The number of hydrogen-bond donors (Lipinski definition) is 1. The summed E-state index contributed by atoms with van der Waals surface area (Å²) in [6.45, 7) is 5.01. The molecular weight excluding hydrogens is 202 g/mol. The minimum absolute atomic E-state index is 0.364. The van der Waals surface area contributed by atoms with Crippen molar-refractivity contribution in [2.75, 3.05) is 0 Å². The van der Waals surface area contributed by atoms with E-state index in [0.717, 1.165) is 31.6 Å². The van der Waals surface area contributed by atoms with Gasteiger partial charge in [0, 0.05) is 13.0 Å². The molecule has 0 aliphatic heterocycles. The summed E-state index contributed by atoms with van der Waals surface area (Å²) in [6, 6.07) is 0. The molecule has 0 bridgehead atoms. The molecule has 2 unspecified atom stereocenters. The fourth-order valence-electron chi connectivity index (χ4n) is 2.62. The molecule has 1 aliphatic rings. The second-order valence-electron chi connectivity index (χ2n) is 4.92. The van der Waals surface area contributed by atoms with E-state index in [-0.39, 0.29) is 0 Å². The Morgan fingerprint density at radius 1 is 1.56 bits per heavy atom. The zero-order valence-electron chi connectivity index (χ0n) is 10.2. The summed E-state index contributed by atoms with van der Waals surface area (Å²) in [6.07, 6.45) is 6.60. The van der Waals surface area contributed by atoms with Crippen molar-refractivity contribution in [3.8, 4) is 0 Å². The minimum atomic E-state index is -0.571. The van der Waals surface area contributed by atoms with Crippen LogP contribution in [-0.2, 0) is 13.0 Å². The molecule has 0 saturated heterocycles. The highest BCUT2D eigenvalue weighted by atomic mass is 16.3. The van der Waals surface area contributed by atoms with Crippen LogP contribution in [0.15, 0.2) is 6.33 Å². The van der Waals surface area contributed by atoms with Crippen molar-refractivity contribution >= 4 is 0 Å². The molecule has 1 N–H and O–H groups in total. The van der Waals surface area contributed by atoms with Crippen LogP contribution >= 0.6 is 0 Å². The van der Waals surface area contributed by atoms with E-state index in [0.29, 0.717) is 12.3 Å².